The van der Waals surface area contributed by atoms with Crippen LogP contribution >= 0.6 is 0 Å². The Bertz CT molecular complexity index is 740. The van der Waals surface area contributed by atoms with Gasteiger partial charge in [-0.05, 0) is 35.7 Å². The summed E-state index contributed by atoms with van der Waals surface area (Å²) in [5.74, 6) is -0.127. The largest absolute Gasteiger partial charge is 0.426 e. The minimum absolute atomic E-state index is 0.270. The van der Waals surface area contributed by atoms with Crippen LogP contribution in [0.1, 0.15) is 22.6 Å². The van der Waals surface area contributed by atoms with Crippen LogP contribution in [0.15, 0.2) is 84.9 Å². The lowest BCUT2D eigenvalue weighted by Crippen LogP contribution is -2.20. The molecule has 3 aromatic rings. The highest BCUT2D eigenvalue weighted by Gasteiger charge is 2.24. The zero-order valence-electron chi connectivity index (χ0n) is 13.0. The SMILES string of the molecule is Cc1cccc(OC(=O)C(c2ccccc2)c2ccccc2)c1. The molecular formula is C21H18O2. The predicted octanol–water partition coefficient (Wildman–Crippen LogP) is 4.73. The van der Waals surface area contributed by atoms with Gasteiger partial charge in [0.25, 0.3) is 0 Å². The minimum atomic E-state index is -0.432. The summed E-state index contributed by atoms with van der Waals surface area (Å²) in [6.07, 6.45) is 0. The van der Waals surface area contributed by atoms with Crippen molar-refractivity contribution in [3.63, 3.8) is 0 Å². The van der Waals surface area contributed by atoms with E-state index in [-0.39, 0.29) is 5.97 Å². The standard InChI is InChI=1S/C21H18O2/c1-16-9-8-14-19(15-16)23-21(22)20(17-10-4-2-5-11-17)18-12-6-3-7-13-18/h2-15,20H,1H3. The number of ether oxygens (including phenoxy) is 1. The summed E-state index contributed by atoms with van der Waals surface area (Å²) in [4.78, 5) is 12.8. The monoisotopic (exact) mass is 302 g/mol. The summed E-state index contributed by atoms with van der Waals surface area (Å²) >= 11 is 0. The van der Waals surface area contributed by atoms with Gasteiger partial charge >= 0.3 is 5.97 Å². The Labute approximate surface area is 136 Å². The molecule has 0 aliphatic heterocycles. The van der Waals surface area contributed by atoms with E-state index in [1.54, 1.807) is 6.07 Å². The number of carbonyl (C=O) groups is 1. The minimum Gasteiger partial charge on any atom is -0.426 e. The van der Waals surface area contributed by atoms with Crippen molar-refractivity contribution in [1.82, 2.24) is 0 Å². The van der Waals surface area contributed by atoms with Crippen LogP contribution in [0.5, 0.6) is 5.75 Å². The Kier molecular flexibility index (Phi) is 4.53. The second-order valence-corrected chi connectivity index (χ2v) is 5.49. The molecule has 0 aliphatic carbocycles. The fraction of sp³-hybridized carbons (Fsp3) is 0.0952. The summed E-state index contributed by atoms with van der Waals surface area (Å²) in [6, 6.07) is 27.0. The second-order valence-electron chi connectivity index (χ2n) is 5.49. The lowest BCUT2D eigenvalue weighted by atomic mass is 9.91. The molecule has 0 saturated heterocycles. The first-order valence-corrected chi connectivity index (χ1v) is 7.62. The molecule has 0 aliphatic rings. The lowest BCUT2D eigenvalue weighted by molar-refractivity contribution is -0.135. The maximum absolute atomic E-state index is 12.8. The summed E-state index contributed by atoms with van der Waals surface area (Å²) in [5, 5.41) is 0. The van der Waals surface area contributed by atoms with Gasteiger partial charge in [-0.2, -0.15) is 0 Å². The molecule has 2 heteroatoms. The third-order valence-corrected chi connectivity index (χ3v) is 3.71. The highest BCUT2D eigenvalue weighted by Crippen LogP contribution is 2.27. The fourth-order valence-electron chi connectivity index (χ4n) is 2.61. The molecule has 0 fully saturated rings. The van der Waals surface area contributed by atoms with Crippen molar-refractivity contribution in [2.75, 3.05) is 0 Å². The molecule has 0 radical (unpaired) electrons. The van der Waals surface area contributed by atoms with Gasteiger partial charge < -0.3 is 4.74 Å². The van der Waals surface area contributed by atoms with Crippen LogP contribution in [0, 0.1) is 6.92 Å². The average molecular weight is 302 g/mol. The molecule has 3 aromatic carbocycles. The molecule has 2 nitrogen and oxygen atoms in total. The molecule has 0 bridgehead atoms. The topological polar surface area (TPSA) is 26.3 Å². The number of hydrogen-bond donors (Lipinski definition) is 0. The van der Waals surface area contributed by atoms with Crippen molar-refractivity contribution in [1.29, 1.82) is 0 Å². The van der Waals surface area contributed by atoms with Crippen LogP contribution in [0.3, 0.4) is 0 Å². The predicted molar refractivity (Wildman–Crippen MR) is 91.5 cm³/mol. The number of esters is 1. The first-order valence-electron chi connectivity index (χ1n) is 7.62. The third kappa shape index (κ3) is 3.67. The molecule has 23 heavy (non-hydrogen) atoms. The fourth-order valence-corrected chi connectivity index (χ4v) is 2.61. The second kappa shape index (κ2) is 6.93. The summed E-state index contributed by atoms with van der Waals surface area (Å²) in [7, 11) is 0. The molecule has 0 spiro atoms. The zero-order valence-corrected chi connectivity index (χ0v) is 13.0. The van der Waals surface area contributed by atoms with Crippen LogP contribution in [0.2, 0.25) is 0 Å². The molecule has 0 heterocycles. The van der Waals surface area contributed by atoms with Crippen molar-refractivity contribution in [3.8, 4) is 5.75 Å². The van der Waals surface area contributed by atoms with Crippen molar-refractivity contribution < 1.29 is 9.53 Å². The number of carbonyl (C=O) groups excluding carboxylic acids is 1. The van der Waals surface area contributed by atoms with Gasteiger partial charge in [0, 0.05) is 0 Å². The molecule has 114 valence electrons. The van der Waals surface area contributed by atoms with Gasteiger partial charge in [-0.1, -0.05) is 72.8 Å². The maximum atomic E-state index is 12.8. The van der Waals surface area contributed by atoms with E-state index in [1.807, 2.05) is 85.8 Å². The summed E-state index contributed by atoms with van der Waals surface area (Å²) in [5.41, 5.74) is 2.92. The Hall–Kier alpha value is -2.87. The van der Waals surface area contributed by atoms with Gasteiger partial charge in [0.1, 0.15) is 11.7 Å². The third-order valence-electron chi connectivity index (χ3n) is 3.71. The quantitative estimate of drug-likeness (QED) is 0.514. The molecule has 0 saturated carbocycles. The van der Waals surface area contributed by atoms with Crippen molar-refractivity contribution in [2.24, 2.45) is 0 Å². The molecule has 0 amide bonds. The molecule has 0 unspecified atom stereocenters. The van der Waals surface area contributed by atoms with E-state index in [0.717, 1.165) is 16.7 Å². The van der Waals surface area contributed by atoms with Gasteiger partial charge in [0.15, 0.2) is 0 Å². The Balaban J connectivity index is 1.94. The summed E-state index contributed by atoms with van der Waals surface area (Å²) < 4.78 is 5.63. The van der Waals surface area contributed by atoms with E-state index in [2.05, 4.69) is 0 Å². The first-order chi connectivity index (χ1) is 11.2. The van der Waals surface area contributed by atoms with Crippen molar-refractivity contribution >= 4 is 5.97 Å². The highest BCUT2D eigenvalue weighted by molar-refractivity contribution is 5.84. The Morgan fingerprint density at radius 3 is 1.87 bits per heavy atom. The van der Waals surface area contributed by atoms with Crippen LogP contribution in [-0.2, 0) is 4.79 Å². The Morgan fingerprint density at radius 1 is 0.783 bits per heavy atom. The van der Waals surface area contributed by atoms with Gasteiger partial charge in [-0.3, -0.25) is 4.79 Å². The van der Waals surface area contributed by atoms with E-state index >= 15 is 0 Å². The van der Waals surface area contributed by atoms with Crippen LogP contribution in [-0.4, -0.2) is 5.97 Å². The number of rotatable bonds is 4. The van der Waals surface area contributed by atoms with Crippen LogP contribution in [0.25, 0.3) is 0 Å². The molecule has 3 rings (SSSR count). The van der Waals surface area contributed by atoms with Crippen LogP contribution in [0.4, 0.5) is 0 Å². The molecule has 0 aromatic heterocycles. The van der Waals surface area contributed by atoms with E-state index < -0.39 is 5.92 Å². The first kappa shape index (κ1) is 15.0. The smallest absolute Gasteiger partial charge is 0.323 e. The van der Waals surface area contributed by atoms with Crippen molar-refractivity contribution in [3.05, 3.63) is 102 Å². The zero-order chi connectivity index (χ0) is 16.1. The normalized spacial score (nSPS) is 10.5. The summed E-state index contributed by atoms with van der Waals surface area (Å²) in [6.45, 7) is 1.98. The molecule has 0 N–H and O–H groups in total. The van der Waals surface area contributed by atoms with E-state index in [0.29, 0.717) is 5.75 Å². The average Bonchev–Trinajstić information content (AvgIpc) is 2.57. The van der Waals surface area contributed by atoms with Gasteiger partial charge in [0.05, 0.1) is 0 Å². The molecule has 0 atom stereocenters. The van der Waals surface area contributed by atoms with Crippen LogP contribution < -0.4 is 4.74 Å². The number of aryl methyl sites for hydroxylation is 1. The van der Waals surface area contributed by atoms with Gasteiger partial charge in [-0.15, -0.1) is 0 Å². The Morgan fingerprint density at radius 2 is 1.35 bits per heavy atom. The van der Waals surface area contributed by atoms with Gasteiger partial charge in [0.2, 0.25) is 0 Å². The lowest BCUT2D eigenvalue weighted by Gasteiger charge is -2.17. The molecular weight excluding hydrogens is 284 g/mol. The maximum Gasteiger partial charge on any atom is 0.323 e. The van der Waals surface area contributed by atoms with E-state index in [4.69, 9.17) is 4.74 Å². The number of hydrogen-bond acceptors (Lipinski definition) is 2. The number of benzene rings is 3. The highest BCUT2D eigenvalue weighted by atomic mass is 16.5. The van der Waals surface area contributed by atoms with E-state index in [1.165, 1.54) is 0 Å². The van der Waals surface area contributed by atoms with E-state index in [9.17, 15) is 4.79 Å². The van der Waals surface area contributed by atoms with Crippen molar-refractivity contribution in [2.45, 2.75) is 12.8 Å². The van der Waals surface area contributed by atoms with Gasteiger partial charge in [-0.25, -0.2) is 0 Å².